The zero-order chi connectivity index (χ0) is 13.7. The van der Waals surface area contributed by atoms with Crippen LogP contribution in [0.15, 0.2) is 42.5 Å². The summed E-state index contributed by atoms with van der Waals surface area (Å²) in [6, 6.07) is 12.7. The molecule has 0 spiro atoms. The summed E-state index contributed by atoms with van der Waals surface area (Å²) in [4.78, 5) is 14.9. The zero-order valence-corrected chi connectivity index (χ0v) is 11.6. The maximum atomic E-state index is 10.8. The molecule has 1 aromatic heterocycles. The molecule has 0 radical (unpaired) electrons. The molecule has 0 amide bonds. The van der Waals surface area contributed by atoms with Gasteiger partial charge in [-0.05, 0) is 23.8 Å². The Morgan fingerprint density at radius 3 is 2.68 bits per heavy atom. The molecule has 0 atom stereocenters. The van der Waals surface area contributed by atoms with Crippen LogP contribution in [0.5, 0.6) is 0 Å². The fourth-order valence-corrected chi connectivity index (χ4v) is 2.79. The minimum absolute atomic E-state index is 0.0795. The van der Waals surface area contributed by atoms with Crippen LogP contribution in [0.3, 0.4) is 0 Å². The summed E-state index contributed by atoms with van der Waals surface area (Å²) >= 11 is 7.72. The highest BCUT2D eigenvalue weighted by atomic mass is 35.5. The predicted octanol–water partition coefficient (Wildman–Crippen LogP) is 3.87. The third kappa shape index (κ3) is 3.98. The first-order valence-corrected chi connectivity index (χ1v) is 7.20. The van der Waals surface area contributed by atoms with E-state index in [1.54, 1.807) is 17.8 Å². The second kappa shape index (κ2) is 6.59. The number of hydrogen-bond donors (Lipinski definition) is 1. The minimum atomic E-state index is -1.00. The van der Waals surface area contributed by atoms with E-state index in [1.165, 1.54) is 6.07 Å². The average molecular weight is 294 g/mol. The number of aromatic nitrogens is 1. The van der Waals surface area contributed by atoms with Gasteiger partial charge in [0, 0.05) is 16.5 Å². The Balaban J connectivity index is 1.94. The fraction of sp³-hybridized carbons (Fsp3) is 0.143. The van der Waals surface area contributed by atoms with Gasteiger partial charge in [-0.3, -0.25) is 0 Å². The van der Waals surface area contributed by atoms with Gasteiger partial charge < -0.3 is 5.11 Å². The number of pyridine rings is 1. The Hall–Kier alpha value is -1.52. The lowest BCUT2D eigenvalue weighted by Crippen LogP contribution is -2.01. The third-order valence-corrected chi connectivity index (χ3v) is 3.87. The second-order valence-corrected chi connectivity index (χ2v) is 5.30. The number of halogens is 1. The summed E-state index contributed by atoms with van der Waals surface area (Å²) in [6.07, 6.45) is 0. The Kier molecular flexibility index (Phi) is 4.82. The maximum Gasteiger partial charge on any atom is 0.354 e. The molecule has 2 rings (SSSR count). The lowest BCUT2D eigenvalue weighted by atomic mass is 10.2. The van der Waals surface area contributed by atoms with Gasteiger partial charge in [-0.1, -0.05) is 35.9 Å². The molecule has 2 aromatic rings. The van der Waals surface area contributed by atoms with Crippen molar-refractivity contribution in [1.82, 2.24) is 4.98 Å². The number of hydrogen-bond acceptors (Lipinski definition) is 3. The second-order valence-electron chi connectivity index (χ2n) is 3.90. The molecule has 5 heteroatoms. The topological polar surface area (TPSA) is 50.2 Å². The molecule has 19 heavy (non-hydrogen) atoms. The van der Waals surface area contributed by atoms with Gasteiger partial charge in [0.1, 0.15) is 5.69 Å². The van der Waals surface area contributed by atoms with Crippen LogP contribution in [0.1, 0.15) is 21.7 Å². The number of carbonyl (C=O) groups is 1. The first-order chi connectivity index (χ1) is 9.16. The van der Waals surface area contributed by atoms with E-state index < -0.39 is 5.97 Å². The molecule has 1 heterocycles. The van der Waals surface area contributed by atoms with Crippen LogP contribution in [-0.4, -0.2) is 16.1 Å². The monoisotopic (exact) mass is 293 g/mol. The molecular weight excluding hydrogens is 282 g/mol. The van der Waals surface area contributed by atoms with Gasteiger partial charge in [0.25, 0.3) is 0 Å². The van der Waals surface area contributed by atoms with E-state index in [0.717, 1.165) is 22.0 Å². The molecule has 0 aliphatic rings. The Morgan fingerprint density at radius 2 is 1.95 bits per heavy atom. The van der Waals surface area contributed by atoms with Crippen molar-refractivity contribution in [3.8, 4) is 0 Å². The standard InChI is InChI=1S/C14H12ClNO2S/c15-12-6-2-1-4-10(12)8-19-9-11-5-3-7-13(16-11)14(17)18/h1-7H,8-9H2,(H,17,18). The van der Waals surface area contributed by atoms with Crippen molar-refractivity contribution in [2.24, 2.45) is 0 Å². The van der Waals surface area contributed by atoms with Crippen LogP contribution < -0.4 is 0 Å². The van der Waals surface area contributed by atoms with Gasteiger partial charge in [0.05, 0.1) is 5.69 Å². The van der Waals surface area contributed by atoms with Crippen molar-refractivity contribution in [3.63, 3.8) is 0 Å². The highest BCUT2D eigenvalue weighted by Crippen LogP contribution is 2.22. The summed E-state index contributed by atoms with van der Waals surface area (Å²) in [7, 11) is 0. The average Bonchev–Trinajstić information content (AvgIpc) is 2.41. The first-order valence-electron chi connectivity index (χ1n) is 5.67. The Morgan fingerprint density at radius 1 is 1.16 bits per heavy atom. The summed E-state index contributed by atoms with van der Waals surface area (Å²) < 4.78 is 0. The van der Waals surface area contributed by atoms with E-state index in [0.29, 0.717) is 5.75 Å². The number of benzene rings is 1. The molecule has 0 aliphatic carbocycles. The van der Waals surface area contributed by atoms with E-state index in [9.17, 15) is 4.79 Å². The SMILES string of the molecule is O=C(O)c1cccc(CSCc2ccccc2Cl)n1. The molecular formula is C14H12ClNO2S. The lowest BCUT2D eigenvalue weighted by molar-refractivity contribution is 0.0690. The van der Waals surface area contributed by atoms with Crippen molar-refractivity contribution in [2.45, 2.75) is 11.5 Å². The highest BCUT2D eigenvalue weighted by Gasteiger charge is 2.05. The van der Waals surface area contributed by atoms with Gasteiger partial charge in [-0.2, -0.15) is 11.8 Å². The van der Waals surface area contributed by atoms with Crippen LogP contribution in [0.4, 0.5) is 0 Å². The minimum Gasteiger partial charge on any atom is -0.477 e. The van der Waals surface area contributed by atoms with Crippen molar-refractivity contribution >= 4 is 29.3 Å². The van der Waals surface area contributed by atoms with Crippen LogP contribution >= 0.6 is 23.4 Å². The smallest absolute Gasteiger partial charge is 0.354 e. The van der Waals surface area contributed by atoms with Crippen LogP contribution in [0.2, 0.25) is 5.02 Å². The summed E-state index contributed by atoms with van der Waals surface area (Å²) in [5.41, 5.74) is 1.91. The van der Waals surface area contributed by atoms with E-state index in [1.807, 2.05) is 30.3 Å². The summed E-state index contributed by atoms with van der Waals surface area (Å²) in [5, 5.41) is 9.61. The van der Waals surface area contributed by atoms with Crippen LogP contribution in [0.25, 0.3) is 0 Å². The number of carboxylic acid groups (broad SMARTS) is 1. The van der Waals surface area contributed by atoms with Crippen molar-refractivity contribution in [1.29, 1.82) is 0 Å². The largest absolute Gasteiger partial charge is 0.477 e. The van der Waals surface area contributed by atoms with Crippen molar-refractivity contribution in [2.75, 3.05) is 0 Å². The molecule has 0 fully saturated rings. The molecule has 0 bridgehead atoms. The van der Waals surface area contributed by atoms with Crippen molar-refractivity contribution < 1.29 is 9.90 Å². The van der Waals surface area contributed by atoms with E-state index in [-0.39, 0.29) is 5.69 Å². The van der Waals surface area contributed by atoms with Gasteiger partial charge in [0.2, 0.25) is 0 Å². The van der Waals surface area contributed by atoms with E-state index in [4.69, 9.17) is 16.7 Å². The quantitative estimate of drug-likeness (QED) is 0.909. The summed E-state index contributed by atoms with van der Waals surface area (Å²) in [5.74, 6) is 0.434. The molecule has 0 unspecified atom stereocenters. The normalized spacial score (nSPS) is 10.4. The Labute approximate surface area is 120 Å². The molecule has 1 N–H and O–H groups in total. The van der Waals surface area contributed by atoms with E-state index in [2.05, 4.69) is 4.98 Å². The third-order valence-electron chi connectivity index (χ3n) is 2.49. The highest BCUT2D eigenvalue weighted by molar-refractivity contribution is 7.97. The molecule has 3 nitrogen and oxygen atoms in total. The molecule has 0 aliphatic heterocycles. The molecule has 98 valence electrons. The number of thioether (sulfide) groups is 1. The predicted molar refractivity (Wildman–Crippen MR) is 77.6 cm³/mol. The van der Waals surface area contributed by atoms with Crippen LogP contribution in [-0.2, 0) is 11.5 Å². The van der Waals surface area contributed by atoms with Gasteiger partial charge in [0.15, 0.2) is 0 Å². The van der Waals surface area contributed by atoms with E-state index >= 15 is 0 Å². The maximum absolute atomic E-state index is 10.8. The van der Waals surface area contributed by atoms with Gasteiger partial charge >= 0.3 is 5.97 Å². The van der Waals surface area contributed by atoms with Crippen molar-refractivity contribution in [3.05, 3.63) is 64.4 Å². The number of aromatic carboxylic acids is 1. The molecule has 0 saturated heterocycles. The lowest BCUT2D eigenvalue weighted by Gasteiger charge is -2.04. The Bertz CT molecular complexity index is 589. The number of carboxylic acids is 1. The molecule has 1 aromatic carbocycles. The van der Waals surface area contributed by atoms with Crippen LogP contribution in [0, 0.1) is 0 Å². The van der Waals surface area contributed by atoms with Gasteiger partial charge in [-0.15, -0.1) is 0 Å². The molecule has 0 saturated carbocycles. The first kappa shape index (κ1) is 13.9. The number of nitrogens with zero attached hydrogens (tertiary/aromatic N) is 1. The zero-order valence-electron chi connectivity index (χ0n) is 10.0. The van der Waals surface area contributed by atoms with Gasteiger partial charge in [-0.25, -0.2) is 9.78 Å². The number of rotatable bonds is 5. The fourth-order valence-electron chi connectivity index (χ4n) is 1.56. The summed E-state index contributed by atoms with van der Waals surface area (Å²) in [6.45, 7) is 0.